The van der Waals surface area contributed by atoms with E-state index in [0.29, 0.717) is 16.7 Å². The smallest absolute Gasteiger partial charge is 0.169 e. The van der Waals surface area contributed by atoms with Crippen LogP contribution < -0.4 is 0 Å². The molecule has 27 heavy (non-hydrogen) atoms. The molecule has 6 rings (SSSR count). The zero-order valence-corrected chi connectivity index (χ0v) is 14.0. The van der Waals surface area contributed by atoms with Crippen molar-refractivity contribution in [2.24, 2.45) is 0 Å². The van der Waals surface area contributed by atoms with Gasteiger partial charge in [0.1, 0.15) is 29.3 Å². The van der Waals surface area contributed by atoms with Gasteiger partial charge in [-0.1, -0.05) is 12.1 Å². The zero-order valence-electron chi connectivity index (χ0n) is 14.0. The number of carbonyl (C=O) groups is 1. The van der Waals surface area contributed by atoms with Gasteiger partial charge in [0, 0.05) is 23.5 Å². The van der Waals surface area contributed by atoms with Crippen molar-refractivity contribution in [2.75, 3.05) is 0 Å². The number of ether oxygens (including phenoxy) is 1. The van der Waals surface area contributed by atoms with Crippen LogP contribution in [0, 0.1) is 0 Å². The number of carbonyl (C=O) groups excluding carboxylic acids is 1. The van der Waals surface area contributed by atoms with Gasteiger partial charge in [0.05, 0.1) is 17.8 Å². The zero-order chi connectivity index (χ0) is 18.8. The number of fused-ring (bicyclic) bond motifs is 4. The summed E-state index contributed by atoms with van der Waals surface area (Å²) >= 11 is 0. The third kappa shape index (κ3) is 1.57. The second-order valence-corrected chi connectivity index (χ2v) is 7.80. The highest BCUT2D eigenvalue weighted by molar-refractivity contribution is 6.05. The summed E-state index contributed by atoms with van der Waals surface area (Å²) in [6.45, 7) is 0. The molecule has 1 fully saturated rings. The van der Waals surface area contributed by atoms with E-state index in [1.54, 1.807) is 12.1 Å². The summed E-state index contributed by atoms with van der Waals surface area (Å²) in [5, 5.41) is 53.8. The number of aliphatic hydroxyl groups is 3. The van der Waals surface area contributed by atoms with Crippen LogP contribution in [0.2, 0.25) is 0 Å². The summed E-state index contributed by atoms with van der Waals surface area (Å²) in [5.74, 6) is -1.55. The Bertz CT molecular complexity index is 1060. The topological polar surface area (TPSA) is 131 Å². The number of aliphatic hydroxyl groups excluding tert-OH is 2. The molecule has 0 aromatic heterocycles. The Morgan fingerprint density at radius 2 is 1.67 bits per heavy atom. The van der Waals surface area contributed by atoms with E-state index in [1.807, 2.05) is 0 Å². The van der Waals surface area contributed by atoms with Crippen molar-refractivity contribution in [3.05, 3.63) is 46.5 Å². The summed E-state index contributed by atoms with van der Waals surface area (Å²) in [5.41, 5.74) is 0.303. The summed E-state index contributed by atoms with van der Waals surface area (Å²) in [4.78, 5) is 12.5. The van der Waals surface area contributed by atoms with E-state index in [-0.39, 0.29) is 34.6 Å². The molecule has 6 unspecified atom stereocenters. The number of aromatic hydroxyl groups is 2. The van der Waals surface area contributed by atoms with Crippen LogP contribution in [0.4, 0.5) is 0 Å². The Labute approximate surface area is 153 Å². The summed E-state index contributed by atoms with van der Waals surface area (Å²) < 4.78 is 5.62. The monoisotopic (exact) mass is 368 g/mol. The Balaban J connectivity index is 1.80. The molecule has 0 bridgehead atoms. The fourth-order valence-corrected chi connectivity index (χ4v) is 5.44. The van der Waals surface area contributed by atoms with Crippen LogP contribution in [0.1, 0.15) is 45.5 Å². The highest BCUT2D eigenvalue weighted by atomic mass is 16.6. The predicted octanol–water partition coefficient (Wildman–Crippen LogP) is 0.811. The molecule has 2 aromatic carbocycles. The second-order valence-electron chi connectivity index (χ2n) is 7.80. The third-order valence-corrected chi connectivity index (χ3v) is 6.59. The number of phenols is 2. The molecule has 2 aromatic rings. The van der Waals surface area contributed by atoms with Crippen LogP contribution >= 0.6 is 0 Å². The number of hydrogen-bond acceptors (Lipinski definition) is 7. The Morgan fingerprint density at radius 3 is 2.44 bits per heavy atom. The molecule has 1 saturated heterocycles. The van der Waals surface area contributed by atoms with Crippen molar-refractivity contribution in [3.8, 4) is 22.6 Å². The quantitative estimate of drug-likeness (QED) is 0.435. The molecule has 4 aliphatic rings. The van der Waals surface area contributed by atoms with Crippen LogP contribution in [0.15, 0.2) is 24.3 Å². The highest BCUT2D eigenvalue weighted by Gasteiger charge is 2.67. The Hall–Kier alpha value is -2.45. The number of hydrogen-bond donors (Lipinski definition) is 5. The molecule has 3 aliphatic carbocycles. The minimum atomic E-state index is -1.87. The summed E-state index contributed by atoms with van der Waals surface area (Å²) in [7, 11) is 0. The maximum atomic E-state index is 12.5. The Morgan fingerprint density at radius 1 is 0.963 bits per heavy atom. The van der Waals surface area contributed by atoms with Gasteiger partial charge in [0.25, 0.3) is 0 Å². The second kappa shape index (κ2) is 4.51. The minimum Gasteiger partial charge on any atom is -0.508 e. The van der Waals surface area contributed by atoms with E-state index in [0.717, 1.165) is 0 Å². The van der Waals surface area contributed by atoms with Crippen LogP contribution in [-0.2, 0) is 10.3 Å². The number of rotatable bonds is 0. The molecular formula is C20H16O7. The first-order chi connectivity index (χ1) is 12.9. The number of phenolic OH excluding ortho intramolecular Hbond substituents is 2. The molecule has 0 saturated carbocycles. The van der Waals surface area contributed by atoms with E-state index in [1.165, 1.54) is 12.1 Å². The largest absolute Gasteiger partial charge is 0.508 e. The molecule has 1 aliphatic heterocycles. The molecule has 0 spiro atoms. The van der Waals surface area contributed by atoms with Gasteiger partial charge < -0.3 is 30.3 Å². The maximum absolute atomic E-state index is 12.5. The fraction of sp³-hybridized carbons (Fsp3) is 0.350. The lowest BCUT2D eigenvalue weighted by atomic mass is 9.57. The average Bonchev–Trinajstić information content (AvgIpc) is 3.41. The van der Waals surface area contributed by atoms with Crippen molar-refractivity contribution in [2.45, 2.75) is 42.4 Å². The number of epoxide rings is 1. The van der Waals surface area contributed by atoms with Crippen molar-refractivity contribution in [1.82, 2.24) is 0 Å². The van der Waals surface area contributed by atoms with Crippen LogP contribution in [0.25, 0.3) is 11.1 Å². The lowest BCUT2D eigenvalue weighted by molar-refractivity contribution is -0.109. The fourth-order valence-electron chi connectivity index (χ4n) is 5.44. The van der Waals surface area contributed by atoms with Gasteiger partial charge in [-0.25, -0.2) is 0 Å². The van der Waals surface area contributed by atoms with E-state index < -0.39 is 41.7 Å². The van der Waals surface area contributed by atoms with Gasteiger partial charge >= 0.3 is 0 Å². The van der Waals surface area contributed by atoms with Gasteiger partial charge in [-0.05, 0) is 28.8 Å². The molecule has 0 amide bonds. The Kier molecular flexibility index (Phi) is 2.60. The van der Waals surface area contributed by atoms with Gasteiger partial charge in [-0.3, -0.25) is 4.79 Å². The molecule has 7 heteroatoms. The van der Waals surface area contributed by atoms with Crippen molar-refractivity contribution in [1.29, 1.82) is 0 Å². The lowest BCUT2D eigenvalue weighted by Crippen LogP contribution is -2.54. The van der Waals surface area contributed by atoms with E-state index in [2.05, 4.69) is 0 Å². The molecule has 7 nitrogen and oxygen atoms in total. The molecule has 6 atom stereocenters. The average molecular weight is 368 g/mol. The van der Waals surface area contributed by atoms with Crippen molar-refractivity contribution >= 4 is 5.78 Å². The van der Waals surface area contributed by atoms with Gasteiger partial charge in [-0.15, -0.1) is 0 Å². The number of benzene rings is 2. The summed E-state index contributed by atoms with van der Waals surface area (Å²) in [6.07, 6.45) is -3.92. The third-order valence-electron chi connectivity index (χ3n) is 6.59. The first kappa shape index (κ1) is 15.6. The number of ketones is 1. The SMILES string of the molecule is O=C1CC(O)C2(O)c3c(ccc(O)c31)-c1ccc(O)c3c1C2C1OC1C3O. The first-order valence-electron chi connectivity index (χ1n) is 8.85. The van der Waals surface area contributed by atoms with E-state index >= 15 is 0 Å². The van der Waals surface area contributed by atoms with Crippen LogP contribution in [0.3, 0.4) is 0 Å². The molecule has 0 radical (unpaired) electrons. The van der Waals surface area contributed by atoms with E-state index in [4.69, 9.17) is 4.74 Å². The first-order valence-corrected chi connectivity index (χ1v) is 8.85. The normalized spacial score (nSPS) is 37.3. The van der Waals surface area contributed by atoms with Gasteiger partial charge in [0.2, 0.25) is 0 Å². The maximum Gasteiger partial charge on any atom is 0.169 e. The van der Waals surface area contributed by atoms with Crippen LogP contribution in [-0.4, -0.2) is 49.6 Å². The molecular weight excluding hydrogens is 352 g/mol. The van der Waals surface area contributed by atoms with Gasteiger partial charge in [-0.2, -0.15) is 0 Å². The highest BCUT2D eigenvalue weighted by Crippen LogP contribution is 2.65. The lowest BCUT2D eigenvalue weighted by Gasteiger charge is -2.49. The van der Waals surface area contributed by atoms with Crippen molar-refractivity contribution < 1.29 is 35.1 Å². The summed E-state index contributed by atoms with van der Waals surface area (Å²) in [6, 6.07) is 6.09. The van der Waals surface area contributed by atoms with E-state index in [9.17, 15) is 30.3 Å². The van der Waals surface area contributed by atoms with Gasteiger partial charge in [0.15, 0.2) is 5.78 Å². The standard InChI is InChI=1S/C20H16O7/c21-8-4-2-7-6-1-3-9(22)14-12(6)16(18-19(27-18)17(14)25)20(26)11(24)5-10(23)13(8)15(7)20/h1-4,11,16-19,21-22,24-26H,5H2. The minimum absolute atomic E-state index is 0.0175. The molecule has 5 N–H and O–H groups in total. The molecule has 138 valence electrons. The predicted molar refractivity (Wildman–Crippen MR) is 90.4 cm³/mol. The van der Waals surface area contributed by atoms with Crippen molar-refractivity contribution in [3.63, 3.8) is 0 Å². The van der Waals surface area contributed by atoms with Crippen LogP contribution in [0.5, 0.6) is 11.5 Å². The molecule has 1 heterocycles. The number of Topliss-reactive ketones (excluding diaryl/α,β-unsaturated/α-hetero) is 1.